The first-order valence-electron chi connectivity index (χ1n) is 13.2. The van der Waals surface area contributed by atoms with Gasteiger partial charge >= 0.3 is 5.97 Å². The van der Waals surface area contributed by atoms with Gasteiger partial charge in [-0.1, -0.05) is 69.2 Å². The van der Waals surface area contributed by atoms with Crippen molar-refractivity contribution in [1.29, 1.82) is 0 Å². The quantitative estimate of drug-likeness (QED) is 0.161. The summed E-state index contributed by atoms with van der Waals surface area (Å²) in [4.78, 5) is 32.4. The number of esters is 1. The van der Waals surface area contributed by atoms with E-state index in [2.05, 4.69) is 43.5 Å². The largest absolute Gasteiger partial charge is 0.493 e. The van der Waals surface area contributed by atoms with E-state index in [9.17, 15) is 9.59 Å². The Morgan fingerprint density at radius 2 is 1.83 bits per heavy atom. The summed E-state index contributed by atoms with van der Waals surface area (Å²) in [6, 6.07) is 18.9. The number of nitrogens with zero attached hydrogens (tertiary/aromatic N) is 2. The standard InChI is InChI=1S/C32H28BrIN2O5S/c1-5-40-31(38)27-19(3)35-32-36(28(27)21-10-6-18(2)7-11-21)30(37)26(42-32)15-22-14-24(34)16-25(39-4)29(22)41-17-20-8-12-23(33)13-9-20/h6-16,28H,5,17H2,1-4H3/b26-15-/t28-/m0/s1. The molecular formula is C32H28BrIN2O5S. The van der Waals surface area contributed by atoms with Crippen molar-refractivity contribution in [3.63, 3.8) is 0 Å². The van der Waals surface area contributed by atoms with Gasteiger partial charge in [-0.25, -0.2) is 9.79 Å². The van der Waals surface area contributed by atoms with Gasteiger partial charge < -0.3 is 14.2 Å². The highest BCUT2D eigenvalue weighted by Crippen LogP contribution is 2.35. The average Bonchev–Trinajstić information content (AvgIpc) is 3.26. The molecule has 0 bridgehead atoms. The van der Waals surface area contributed by atoms with Gasteiger partial charge in [0.2, 0.25) is 0 Å². The average molecular weight is 759 g/mol. The maximum atomic E-state index is 14.1. The Kier molecular flexibility index (Phi) is 9.34. The van der Waals surface area contributed by atoms with E-state index in [1.165, 1.54) is 11.3 Å². The second-order valence-electron chi connectivity index (χ2n) is 9.65. The number of hydrogen-bond acceptors (Lipinski definition) is 7. The number of rotatable bonds is 8. The first kappa shape index (κ1) is 30.2. The smallest absolute Gasteiger partial charge is 0.338 e. The Morgan fingerprint density at radius 3 is 2.50 bits per heavy atom. The Morgan fingerprint density at radius 1 is 1.12 bits per heavy atom. The molecule has 0 radical (unpaired) electrons. The van der Waals surface area contributed by atoms with Gasteiger partial charge in [0.15, 0.2) is 16.3 Å². The number of aryl methyl sites for hydroxylation is 1. The van der Waals surface area contributed by atoms with Crippen LogP contribution in [0.2, 0.25) is 0 Å². The van der Waals surface area contributed by atoms with E-state index < -0.39 is 12.0 Å². The Bertz CT molecular complexity index is 1860. The van der Waals surface area contributed by atoms with Gasteiger partial charge in [-0.2, -0.15) is 0 Å². The van der Waals surface area contributed by atoms with Crippen LogP contribution in [0.3, 0.4) is 0 Å². The molecule has 2 heterocycles. The molecule has 0 spiro atoms. The predicted molar refractivity (Wildman–Crippen MR) is 176 cm³/mol. The van der Waals surface area contributed by atoms with Gasteiger partial charge in [-0.3, -0.25) is 9.36 Å². The van der Waals surface area contributed by atoms with Crippen molar-refractivity contribution in [3.05, 3.63) is 122 Å². The third-order valence-corrected chi connectivity index (χ3v) is 8.90. The molecule has 10 heteroatoms. The van der Waals surface area contributed by atoms with Crippen LogP contribution < -0.4 is 24.4 Å². The molecule has 0 amide bonds. The van der Waals surface area contributed by atoms with Crippen LogP contribution in [-0.2, 0) is 16.1 Å². The molecule has 216 valence electrons. The molecule has 0 unspecified atom stereocenters. The maximum absolute atomic E-state index is 14.1. The van der Waals surface area contributed by atoms with E-state index in [4.69, 9.17) is 14.2 Å². The molecule has 0 N–H and O–H groups in total. The fourth-order valence-corrected chi connectivity index (χ4v) is 6.66. The lowest BCUT2D eigenvalue weighted by Crippen LogP contribution is -2.39. The Hall–Kier alpha value is -3.22. The van der Waals surface area contributed by atoms with Crippen LogP contribution in [0.25, 0.3) is 6.08 Å². The summed E-state index contributed by atoms with van der Waals surface area (Å²) in [6.45, 7) is 6.08. The van der Waals surface area contributed by atoms with E-state index in [0.717, 1.165) is 24.7 Å². The topological polar surface area (TPSA) is 79.1 Å². The molecule has 42 heavy (non-hydrogen) atoms. The van der Waals surface area contributed by atoms with Crippen molar-refractivity contribution in [2.75, 3.05) is 13.7 Å². The van der Waals surface area contributed by atoms with Crippen molar-refractivity contribution >= 4 is 61.9 Å². The number of thiazole rings is 1. The number of fused-ring (bicyclic) bond motifs is 1. The van der Waals surface area contributed by atoms with Gasteiger partial charge in [0.1, 0.15) is 6.61 Å². The SMILES string of the molecule is CCOC(=O)C1=C(C)N=c2s/c(=C\c3cc(I)cc(OC)c3OCc3ccc(Br)cc3)c(=O)n2[C@H]1c1ccc(C)cc1. The van der Waals surface area contributed by atoms with Crippen LogP contribution in [0.1, 0.15) is 42.1 Å². The number of halogens is 2. The van der Waals surface area contributed by atoms with Crippen molar-refractivity contribution in [1.82, 2.24) is 4.57 Å². The molecule has 5 rings (SSSR count). The highest BCUT2D eigenvalue weighted by molar-refractivity contribution is 14.1. The van der Waals surface area contributed by atoms with E-state index in [-0.39, 0.29) is 12.2 Å². The third-order valence-electron chi connectivity index (χ3n) is 6.76. The van der Waals surface area contributed by atoms with Crippen LogP contribution in [-0.4, -0.2) is 24.3 Å². The molecule has 7 nitrogen and oxygen atoms in total. The summed E-state index contributed by atoms with van der Waals surface area (Å²) >= 11 is 6.95. The number of allylic oxidation sites excluding steroid dienone is 1. The van der Waals surface area contributed by atoms with E-state index in [0.29, 0.717) is 44.3 Å². The van der Waals surface area contributed by atoms with Crippen LogP contribution in [0.5, 0.6) is 11.5 Å². The molecule has 3 aromatic carbocycles. The summed E-state index contributed by atoms with van der Waals surface area (Å²) in [5.41, 5.74) is 4.21. The molecular weight excluding hydrogens is 731 g/mol. The summed E-state index contributed by atoms with van der Waals surface area (Å²) in [6.07, 6.45) is 1.81. The van der Waals surface area contributed by atoms with E-state index >= 15 is 0 Å². The predicted octanol–water partition coefficient (Wildman–Crippen LogP) is 6.06. The fourth-order valence-electron chi connectivity index (χ4n) is 4.74. The molecule has 0 aliphatic carbocycles. The number of aromatic nitrogens is 1. The zero-order valence-corrected chi connectivity index (χ0v) is 28.0. The molecule has 1 aliphatic rings. The second kappa shape index (κ2) is 13.0. The van der Waals surface area contributed by atoms with Gasteiger partial charge in [0.25, 0.3) is 5.56 Å². The van der Waals surface area contributed by atoms with Gasteiger partial charge in [0, 0.05) is 13.6 Å². The Labute approximate surface area is 269 Å². The van der Waals surface area contributed by atoms with Crippen molar-refractivity contribution < 1.29 is 19.0 Å². The highest BCUT2D eigenvalue weighted by atomic mass is 127. The van der Waals surface area contributed by atoms with Crippen LogP contribution >= 0.6 is 49.9 Å². The molecule has 0 fully saturated rings. The number of methoxy groups -OCH3 is 1. The first-order chi connectivity index (χ1) is 20.2. The minimum Gasteiger partial charge on any atom is -0.493 e. The molecule has 1 aromatic heterocycles. The maximum Gasteiger partial charge on any atom is 0.338 e. The van der Waals surface area contributed by atoms with Crippen molar-refractivity contribution in [2.45, 2.75) is 33.4 Å². The summed E-state index contributed by atoms with van der Waals surface area (Å²) in [7, 11) is 1.59. The summed E-state index contributed by atoms with van der Waals surface area (Å²) < 4.78 is 21.3. The minimum absolute atomic E-state index is 0.220. The molecule has 1 atom stereocenters. The molecule has 0 saturated heterocycles. The lowest BCUT2D eigenvalue weighted by Gasteiger charge is -2.24. The number of ether oxygens (including phenoxy) is 3. The lowest BCUT2D eigenvalue weighted by atomic mass is 9.95. The van der Waals surface area contributed by atoms with Gasteiger partial charge in [0.05, 0.1) is 35.6 Å². The second-order valence-corrected chi connectivity index (χ2v) is 12.8. The first-order valence-corrected chi connectivity index (χ1v) is 15.9. The number of carbonyl (C=O) groups is 1. The van der Waals surface area contributed by atoms with Crippen LogP contribution in [0.4, 0.5) is 0 Å². The monoisotopic (exact) mass is 758 g/mol. The lowest BCUT2D eigenvalue weighted by molar-refractivity contribution is -0.139. The van der Waals surface area contributed by atoms with Crippen molar-refractivity contribution in [3.8, 4) is 11.5 Å². The minimum atomic E-state index is -0.665. The highest BCUT2D eigenvalue weighted by Gasteiger charge is 2.33. The summed E-state index contributed by atoms with van der Waals surface area (Å²) in [5, 5.41) is 0. The Balaban J connectivity index is 1.66. The van der Waals surface area contributed by atoms with Crippen molar-refractivity contribution in [2.24, 2.45) is 4.99 Å². The zero-order valence-electron chi connectivity index (χ0n) is 23.4. The normalized spacial score (nSPS) is 14.8. The molecule has 1 aliphatic heterocycles. The molecule has 0 saturated carbocycles. The number of carbonyl (C=O) groups excluding carboxylic acids is 1. The number of benzene rings is 3. The zero-order chi connectivity index (χ0) is 30.0. The fraction of sp³-hybridized carbons (Fsp3) is 0.219. The van der Waals surface area contributed by atoms with Gasteiger partial charge in [-0.15, -0.1) is 0 Å². The van der Waals surface area contributed by atoms with E-state index in [1.54, 1.807) is 31.6 Å². The van der Waals surface area contributed by atoms with Gasteiger partial charge in [-0.05, 0) is 84.8 Å². The molecule has 4 aromatic rings. The van der Waals surface area contributed by atoms with Crippen LogP contribution in [0.15, 0.2) is 86.2 Å². The summed E-state index contributed by atoms with van der Waals surface area (Å²) in [5.74, 6) is 0.616. The van der Waals surface area contributed by atoms with E-state index in [1.807, 2.05) is 67.6 Å². The third kappa shape index (κ3) is 6.25. The number of hydrogen-bond donors (Lipinski definition) is 0. The van der Waals surface area contributed by atoms with Crippen LogP contribution in [0, 0.1) is 10.5 Å².